The number of carbonyl (C=O) groups excluding carboxylic acids is 1. The van der Waals surface area contributed by atoms with Crippen LogP contribution in [0.25, 0.3) is 0 Å². The number of hydrogen-bond donors (Lipinski definition) is 1. The lowest BCUT2D eigenvalue weighted by Gasteiger charge is -2.36. The van der Waals surface area contributed by atoms with Crippen molar-refractivity contribution in [1.29, 1.82) is 0 Å². The Labute approximate surface area is 181 Å². The maximum Gasteiger partial charge on any atom is 0.263 e. The average Bonchev–Trinajstić information content (AvgIpc) is 2.77. The predicted molar refractivity (Wildman–Crippen MR) is 118 cm³/mol. The van der Waals surface area contributed by atoms with Crippen molar-refractivity contribution in [2.45, 2.75) is 65.1 Å². The van der Waals surface area contributed by atoms with Gasteiger partial charge >= 0.3 is 0 Å². The van der Waals surface area contributed by atoms with Crippen molar-refractivity contribution in [1.82, 2.24) is 24.3 Å². The monoisotopic (exact) mass is 425 g/mol. The summed E-state index contributed by atoms with van der Waals surface area (Å²) in [4.78, 5) is 50.7. The molecule has 4 rings (SSSR count). The summed E-state index contributed by atoms with van der Waals surface area (Å²) in [6, 6.07) is 3.44. The number of aromatic nitrogens is 3. The molecule has 1 amide bonds. The molecule has 31 heavy (non-hydrogen) atoms. The lowest BCUT2D eigenvalue weighted by Crippen LogP contribution is -2.44. The van der Waals surface area contributed by atoms with Gasteiger partial charge in [0.25, 0.3) is 17.0 Å². The SMILES string of the molecule is Cc1ccc(C(=O)N2CCCCC2c2nc3c(c(=O)[nH]2)CN(C(C)C)CC3)c(=O)n1C. The molecule has 0 bridgehead atoms. The zero-order chi connectivity index (χ0) is 22.3. The first kappa shape index (κ1) is 21.5. The Kier molecular flexibility index (Phi) is 5.83. The number of hydrogen-bond acceptors (Lipinski definition) is 5. The van der Waals surface area contributed by atoms with Gasteiger partial charge in [-0.1, -0.05) is 0 Å². The highest BCUT2D eigenvalue weighted by molar-refractivity contribution is 5.94. The molecule has 0 saturated carbocycles. The number of fused-ring (bicyclic) bond motifs is 1. The van der Waals surface area contributed by atoms with E-state index in [4.69, 9.17) is 4.98 Å². The van der Waals surface area contributed by atoms with E-state index in [9.17, 15) is 14.4 Å². The van der Waals surface area contributed by atoms with Crippen LogP contribution in [-0.4, -0.2) is 49.4 Å². The van der Waals surface area contributed by atoms with Gasteiger partial charge in [-0.25, -0.2) is 4.98 Å². The summed E-state index contributed by atoms with van der Waals surface area (Å²) in [6.07, 6.45) is 3.26. The van der Waals surface area contributed by atoms with Crippen LogP contribution in [0.4, 0.5) is 0 Å². The second-order valence-corrected chi connectivity index (χ2v) is 8.95. The molecular formula is C23H31N5O3. The van der Waals surface area contributed by atoms with E-state index >= 15 is 0 Å². The molecule has 2 aliphatic rings. The van der Waals surface area contributed by atoms with E-state index in [1.807, 2.05) is 6.92 Å². The predicted octanol–water partition coefficient (Wildman–Crippen LogP) is 1.91. The van der Waals surface area contributed by atoms with Gasteiger partial charge in [-0.05, 0) is 52.2 Å². The molecule has 0 aromatic carbocycles. The Bertz CT molecular complexity index is 1120. The number of amides is 1. The third-order valence-electron chi connectivity index (χ3n) is 6.71. The topological polar surface area (TPSA) is 91.3 Å². The van der Waals surface area contributed by atoms with Gasteiger partial charge in [-0.2, -0.15) is 0 Å². The highest BCUT2D eigenvalue weighted by atomic mass is 16.2. The van der Waals surface area contributed by atoms with Gasteiger partial charge in [0.05, 0.1) is 17.3 Å². The average molecular weight is 426 g/mol. The molecule has 1 saturated heterocycles. The number of carbonyl (C=O) groups is 1. The number of H-pyrrole nitrogens is 1. The fourth-order valence-electron chi connectivity index (χ4n) is 4.57. The molecule has 4 heterocycles. The fourth-order valence-corrected chi connectivity index (χ4v) is 4.57. The maximum absolute atomic E-state index is 13.3. The molecule has 0 spiro atoms. The second kappa shape index (κ2) is 8.42. The third-order valence-corrected chi connectivity index (χ3v) is 6.71. The van der Waals surface area contributed by atoms with E-state index < -0.39 is 0 Å². The van der Waals surface area contributed by atoms with E-state index in [0.29, 0.717) is 25.0 Å². The number of aryl methyl sites for hydroxylation is 1. The van der Waals surface area contributed by atoms with E-state index in [0.717, 1.165) is 49.2 Å². The molecular weight excluding hydrogens is 394 g/mol. The molecule has 2 aliphatic heterocycles. The van der Waals surface area contributed by atoms with Gasteiger partial charge in [0.15, 0.2) is 0 Å². The first-order valence-electron chi connectivity index (χ1n) is 11.1. The highest BCUT2D eigenvalue weighted by Gasteiger charge is 2.33. The van der Waals surface area contributed by atoms with Crippen LogP contribution in [0.2, 0.25) is 0 Å². The van der Waals surface area contributed by atoms with Gasteiger partial charge in [0.1, 0.15) is 11.4 Å². The lowest BCUT2D eigenvalue weighted by atomic mass is 9.99. The van der Waals surface area contributed by atoms with Crippen molar-refractivity contribution < 1.29 is 4.79 Å². The Morgan fingerprint density at radius 1 is 1.19 bits per heavy atom. The third kappa shape index (κ3) is 3.96. The highest BCUT2D eigenvalue weighted by Crippen LogP contribution is 2.30. The fraction of sp³-hybridized carbons (Fsp3) is 0.565. The van der Waals surface area contributed by atoms with Crippen LogP contribution in [0.5, 0.6) is 0 Å². The number of piperidine rings is 1. The zero-order valence-corrected chi connectivity index (χ0v) is 18.8. The summed E-state index contributed by atoms with van der Waals surface area (Å²) in [5.41, 5.74) is 2.11. The molecule has 0 aliphatic carbocycles. The minimum absolute atomic E-state index is 0.116. The second-order valence-electron chi connectivity index (χ2n) is 8.95. The largest absolute Gasteiger partial charge is 0.328 e. The Balaban J connectivity index is 1.68. The van der Waals surface area contributed by atoms with Crippen LogP contribution in [0.1, 0.15) is 72.3 Å². The van der Waals surface area contributed by atoms with Crippen molar-refractivity contribution >= 4 is 5.91 Å². The van der Waals surface area contributed by atoms with Crippen molar-refractivity contribution in [3.05, 3.63) is 61.2 Å². The van der Waals surface area contributed by atoms with E-state index in [1.54, 1.807) is 24.1 Å². The number of aromatic amines is 1. The molecule has 2 aromatic heterocycles. The normalized spacial score (nSPS) is 19.5. The minimum Gasteiger partial charge on any atom is -0.328 e. The summed E-state index contributed by atoms with van der Waals surface area (Å²) in [5.74, 6) is 0.246. The molecule has 8 heteroatoms. The Hall–Kier alpha value is -2.74. The zero-order valence-electron chi connectivity index (χ0n) is 18.8. The first-order valence-corrected chi connectivity index (χ1v) is 11.1. The number of pyridine rings is 1. The van der Waals surface area contributed by atoms with Crippen molar-refractivity contribution in [3.63, 3.8) is 0 Å². The van der Waals surface area contributed by atoms with Crippen LogP contribution in [0.3, 0.4) is 0 Å². The minimum atomic E-state index is -0.326. The van der Waals surface area contributed by atoms with Crippen molar-refractivity contribution in [2.75, 3.05) is 13.1 Å². The van der Waals surface area contributed by atoms with Gasteiger partial charge in [0.2, 0.25) is 0 Å². The smallest absolute Gasteiger partial charge is 0.263 e. The summed E-state index contributed by atoms with van der Waals surface area (Å²) < 4.78 is 1.49. The quantitative estimate of drug-likeness (QED) is 0.811. The molecule has 1 unspecified atom stereocenters. The molecule has 0 radical (unpaired) electrons. The van der Waals surface area contributed by atoms with Crippen LogP contribution >= 0.6 is 0 Å². The number of likely N-dealkylation sites (tertiary alicyclic amines) is 1. The van der Waals surface area contributed by atoms with Crippen LogP contribution in [-0.2, 0) is 20.0 Å². The van der Waals surface area contributed by atoms with Gasteiger partial charge < -0.3 is 14.5 Å². The van der Waals surface area contributed by atoms with E-state index in [2.05, 4.69) is 23.7 Å². The van der Waals surface area contributed by atoms with Crippen LogP contribution < -0.4 is 11.1 Å². The summed E-state index contributed by atoms with van der Waals surface area (Å²) in [5, 5.41) is 0. The Morgan fingerprint density at radius 2 is 1.97 bits per heavy atom. The van der Waals surface area contributed by atoms with Crippen molar-refractivity contribution in [3.8, 4) is 0 Å². The molecule has 1 fully saturated rings. The van der Waals surface area contributed by atoms with Crippen LogP contribution in [0, 0.1) is 6.92 Å². The standard InChI is InChI=1S/C23H31N5O3/c1-14(2)27-12-10-18-17(13-27)21(29)25-20(24-18)19-7-5-6-11-28(19)23(31)16-9-8-15(3)26(4)22(16)30/h8-9,14,19H,5-7,10-13H2,1-4H3,(H,24,25,29). The van der Waals surface area contributed by atoms with Crippen LogP contribution in [0.15, 0.2) is 21.7 Å². The molecule has 166 valence electrons. The first-order chi connectivity index (χ1) is 14.8. The summed E-state index contributed by atoms with van der Waals surface area (Å²) in [7, 11) is 1.67. The Morgan fingerprint density at radius 3 is 2.71 bits per heavy atom. The number of nitrogens with one attached hydrogen (secondary N) is 1. The molecule has 1 atom stereocenters. The molecule has 1 N–H and O–H groups in total. The van der Waals surface area contributed by atoms with Gasteiger partial charge in [-0.15, -0.1) is 0 Å². The number of nitrogens with zero attached hydrogens (tertiary/aromatic N) is 4. The lowest BCUT2D eigenvalue weighted by molar-refractivity contribution is 0.0596. The van der Waals surface area contributed by atoms with E-state index in [-0.39, 0.29) is 28.6 Å². The van der Waals surface area contributed by atoms with Gasteiger partial charge in [0, 0.05) is 44.8 Å². The number of rotatable bonds is 3. The summed E-state index contributed by atoms with van der Waals surface area (Å²) >= 11 is 0. The van der Waals surface area contributed by atoms with Gasteiger partial charge in [-0.3, -0.25) is 19.3 Å². The maximum atomic E-state index is 13.3. The molecule has 2 aromatic rings. The van der Waals surface area contributed by atoms with Crippen molar-refractivity contribution in [2.24, 2.45) is 7.05 Å². The summed E-state index contributed by atoms with van der Waals surface area (Å²) in [6.45, 7) is 8.10. The molecule has 8 nitrogen and oxygen atoms in total. The van der Waals surface area contributed by atoms with E-state index in [1.165, 1.54) is 4.57 Å².